The second-order valence-corrected chi connectivity index (χ2v) is 5.81. The van der Waals surface area contributed by atoms with Crippen LogP contribution in [-0.2, 0) is 11.2 Å². The van der Waals surface area contributed by atoms with Gasteiger partial charge in [0.2, 0.25) is 5.91 Å². The van der Waals surface area contributed by atoms with E-state index in [1.54, 1.807) is 12.4 Å². The van der Waals surface area contributed by atoms with Gasteiger partial charge in [-0.25, -0.2) is 9.97 Å². The maximum absolute atomic E-state index is 12.2. The first-order valence-corrected chi connectivity index (χ1v) is 7.85. The van der Waals surface area contributed by atoms with Crippen LogP contribution in [0.1, 0.15) is 16.7 Å². The molecule has 0 spiro atoms. The zero-order valence-electron chi connectivity index (χ0n) is 13.8. The average Bonchev–Trinajstić information content (AvgIpc) is 2.58. The third-order valence-electron chi connectivity index (χ3n) is 3.86. The molecule has 1 aromatic heterocycles. The van der Waals surface area contributed by atoms with E-state index < -0.39 is 0 Å². The van der Waals surface area contributed by atoms with E-state index in [9.17, 15) is 4.79 Å². The van der Waals surface area contributed by atoms with Crippen molar-refractivity contribution in [3.8, 4) is 11.4 Å². The van der Waals surface area contributed by atoms with Gasteiger partial charge < -0.3 is 5.32 Å². The highest BCUT2D eigenvalue weighted by Gasteiger charge is 2.07. The Hall–Kier alpha value is -3.01. The third-order valence-corrected chi connectivity index (χ3v) is 3.86. The summed E-state index contributed by atoms with van der Waals surface area (Å²) in [6, 6.07) is 15.9. The topological polar surface area (TPSA) is 54.9 Å². The summed E-state index contributed by atoms with van der Waals surface area (Å²) in [7, 11) is 0. The van der Waals surface area contributed by atoms with Crippen LogP contribution in [0.25, 0.3) is 11.4 Å². The predicted octanol–water partition coefficient (Wildman–Crippen LogP) is 3.94. The Bertz CT molecular complexity index is 840. The van der Waals surface area contributed by atoms with Crippen molar-refractivity contribution in [2.45, 2.75) is 20.3 Å². The molecular weight excluding hydrogens is 298 g/mol. The number of hydrogen-bond donors (Lipinski definition) is 1. The van der Waals surface area contributed by atoms with Crippen LogP contribution < -0.4 is 5.32 Å². The van der Waals surface area contributed by atoms with Gasteiger partial charge in [-0.3, -0.25) is 4.79 Å². The summed E-state index contributed by atoms with van der Waals surface area (Å²) in [4.78, 5) is 20.8. The van der Waals surface area contributed by atoms with Gasteiger partial charge in [-0.05, 0) is 25.0 Å². The minimum Gasteiger partial charge on any atom is -0.323 e. The van der Waals surface area contributed by atoms with Crippen molar-refractivity contribution < 1.29 is 4.79 Å². The average molecular weight is 317 g/mol. The van der Waals surface area contributed by atoms with Gasteiger partial charge in [-0.15, -0.1) is 0 Å². The van der Waals surface area contributed by atoms with E-state index in [1.165, 1.54) is 5.56 Å². The summed E-state index contributed by atoms with van der Waals surface area (Å²) in [5.41, 5.74) is 4.88. The summed E-state index contributed by atoms with van der Waals surface area (Å²) in [6.45, 7) is 4.04. The van der Waals surface area contributed by atoms with Crippen LogP contribution in [0.3, 0.4) is 0 Å². The predicted molar refractivity (Wildman–Crippen MR) is 95.7 cm³/mol. The zero-order valence-corrected chi connectivity index (χ0v) is 13.8. The first-order chi connectivity index (χ1) is 11.6. The zero-order chi connectivity index (χ0) is 16.9. The normalized spacial score (nSPS) is 10.4. The molecule has 0 fully saturated rings. The van der Waals surface area contributed by atoms with Crippen LogP contribution in [0.15, 0.2) is 60.9 Å². The number of aromatic nitrogens is 2. The maximum Gasteiger partial charge on any atom is 0.228 e. The first kappa shape index (κ1) is 15.9. The van der Waals surface area contributed by atoms with E-state index in [0.29, 0.717) is 17.9 Å². The van der Waals surface area contributed by atoms with E-state index in [4.69, 9.17) is 0 Å². The largest absolute Gasteiger partial charge is 0.323 e. The van der Waals surface area contributed by atoms with Gasteiger partial charge in [0, 0.05) is 5.56 Å². The Kier molecular flexibility index (Phi) is 4.66. The Morgan fingerprint density at radius 2 is 1.62 bits per heavy atom. The van der Waals surface area contributed by atoms with E-state index in [2.05, 4.69) is 15.3 Å². The number of nitrogens with one attached hydrogen (secondary N) is 1. The summed E-state index contributed by atoms with van der Waals surface area (Å²) < 4.78 is 0. The molecule has 1 amide bonds. The van der Waals surface area contributed by atoms with Crippen molar-refractivity contribution in [2.24, 2.45) is 0 Å². The van der Waals surface area contributed by atoms with Crippen LogP contribution in [-0.4, -0.2) is 15.9 Å². The molecule has 0 aliphatic carbocycles. The van der Waals surface area contributed by atoms with Crippen LogP contribution in [0.2, 0.25) is 0 Å². The minimum absolute atomic E-state index is 0.0732. The summed E-state index contributed by atoms with van der Waals surface area (Å²) >= 11 is 0. The Morgan fingerprint density at radius 1 is 0.958 bits per heavy atom. The second-order valence-electron chi connectivity index (χ2n) is 5.81. The molecule has 4 heteroatoms. The smallest absolute Gasteiger partial charge is 0.228 e. The lowest BCUT2D eigenvalue weighted by Crippen LogP contribution is -2.15. The SMILES string of the molecule is Cc1ccc(-c2ncc(NC(=O)Cc3ccccc3C)cn2)cc1. The molecule has 0 atom stereocenters. The van der Waals surface area contributed by atoms with Crippen LogP contribution in [0, 0.1) is 13.8 Å². The molecule has 1 heterocycles. The van der Waals surface area contributed by atoms with E-state index in [0.717, 1.165) is 16.7 Å². The summed E-state index contributed by atoms with van der Waals surface area (Å²) in [5.74, 6) is 0.572. The molecule has 24 heavy (non-hydrogen) atoms. The van der Waals surface area contributed by atoms with E-state index in [-0.39, 0.29) is 5.91 Å². The molecule has 0 bridgehead atoms. The molecule has 0 radical (unpaired) electrons. The lowest BCUT2D eigenvalue weighted by atomic mass is 10.1. The van der Waals surface area contributed by atoms with Gasteiger partial charge >= 0.3 is 0 Å². The highest BCUT2D eigenvalue weighted by molar-refractivity contribution is 5.92. The van der Waals surface area contributed by atoms with Crippen molar-refractivity contribution in [3.05, 3.63) is 77.6 Å². The molecule has 0 aliphatic heterocycles. The maximum atomic E-state index is 12.2. The molecule has 0 saturated carbocycles. The van der Waals surface area contributed by atoms with Gasteiger partial charge in [0.1, 0.15) is 0 Å². The lowest BCUT2D eigenvalue weighted by molar-refractivity contribution is -0.115. The molecule has 4 nitrogen and oxygen atoms in total. The standard InChI is InChI=1S/C20H19N3O/c1-14-7-9-16(10-8-14)20-21-12-18(13-22-20)23-19(24)11-17-6-4-3-5-15(17)2/h3-10,12-13H,11H2,1-2H3,(H,23,24). The number of benzene rings is 2. The molecule has 0 aliphatic rings. The summed E-state index contributed by atoms with van der Waals surface area (Å²) in [6.07, 6.45) is 3.61. The van der Waals surface area contributed by atoms with Crippen molar-refractivity contribution in [3.63, 3.8) is 0 Å². The Morgan fingerprint density at radius 3 is 2.29 bits per heavy atom. The molecule has 3 aromatic rings. The molecule has 2 aromatic carbocycles. The van der Waals surface area contributed by atoms with Gasteiger partial charge in [-0.2, -0.15) is 0 Å². The van der Waals surface area contributed by atoms with Crippen molar-refractivity contribution >= 4 is 11.6 Å². The number of amides is 1. The van der Waals surface area contributed by atoms with Gasteiger partial charge in [0.25, 0.3) is 0 Å². The number of aryl methyl sites for hydroxylation is 2. The number of hydrogen-bond acceptors (Lipinski definition) is 3. The first-order valence-electron chi connectivity index (χ1n) is 7.85. The van der Waals surface area contributed by atoms with E-state index >= 15 is 0 Å². The fourth-order valence-electron chi connectivity index (χ4n) is 2.43. The fraction of sp³-hybridized carbons (Fsp3) is 0.150. The summed E-state index contributed by atoms with van der Waals surface area (Å²) in [5, 5.41) is 2.84. The Balaban J connectivity index is 1.67. The third kappa shape index (κ3) is 3.84. The van der Waals surface area contributed by atoms with Crippen LogP contribution >= 0.6 is 0 Å². The van der Waals surface area contributed by atoms with Crippen molar-refractivity contribution in [2.75, 3.05) is 5.32 Å². The number of carbonyl (C=O) groups is 1. The van der Waals surface area contributed by atoms with Crippen molar-refractivity contribution in [1.82, 2.24) is 9.97 Å². The van der Waals surface area contributed by atoms with Gasteiger partial charge in [-0.1, -0.05) is 54.1 Å². The second kappa shape index (κ2) is 7.04. The van der Waals surface area contributed by atoms with Crippen LogP contribution in [0.5, 0.6) is 0 Å². The fourth-order valence-corrected chi connectivity index (χ4v) is 2.43. The molecule has 0 saturated heterocycles. The van der Waals surface area contributed by atoms with Gasteiger partial charge in [0.15, 0.2) is 5.82 Å². The number of carbonyl (C=O) groups excluding carboxylic acids is 1. The minimum atomic E-state index is -0.0732. The molecule has 120 valence electrons. The Labute approximate surface area is 141 Å². The molecule has 3 rings (SSSR count). The highest BCUT2D eigenvalue weighted by Crippen LogP contribution is 2.16. The van der Waals surface area contributed by atoms with Gasteiger partial charge in [0.05, 0.1) is 24.5 Å². The quantitative estimate of drug-likeness (QED) is 0.793. The lowest BCUT2D eigenvalue weighted by Gasteiger charge is -2.07. The molecule has 0 unspecified atom stereocenters. The molecule has 1 N–H and O–H groups in total. The molecular formula is C20H19N3O. The number of nitrogens with zero attached hydrogens (tertiary/aromatic N) is 2. The van der Waals surface area contributed by atoms with Crippen LogP contribution in [0.4, 0.5) is 5.69 Å². The number of anilines is 1. The number of rotatable bonds is 4. The monoisotopic (exact) mass is 317 g/mol. The van der Waals surface area contributed by atoms with E-state index in [1.807, 2.05) is 62.4 Å². The highest BCUT2D eigenvalue weighted by atomic mass is 16.1. The van der Waals surface area contributed by atoms with Crippen molar-refractivity contribution in [1.29, 1.82) is 0 Å².